The lowest BCUT2D eigenvalue weighted by molar-refractivity contribution is 0.0680. The van der Waals surface area contributed by atoms with E-state index in [1.165, 1.54) is 4.68 Å². The van der Waals surface area contributed by atoms with Crippen LogP contribution in [0.1, 0.15) is 42.4 Å². The van der Waals surface area contributed by atoms with Gasteiger partial charge in [0.1, 0.15) is 5.69 Å². The summed E-state index contributed by atoms with van der Waals surface area (Å²) >= 11 is 0. The molecule has 0 amide bonds. The van der Waals surface area contributed by atoms with Crippen LogP contribution in [0.25, 0.3) is 0 Å². The zero-order valence-corrected chi connectivity index (χ0v) is 10.5. The fourth-order valence-corrected chi connectivity index (χ4v) is 1.55. The van der Waals surface area contributed by atoms with Gasteiger partial charge >= 0.3 is 5.97 Å². The molecule has 5 nitrogen and oxygen atoms in total. The third kappa shape index (κ3) is 4.56. The van der Waals surface area contributed by atoms with Gasteiger partial charge in [-0.05, 0) is 25.8 Å². The zero-order chi connectivity index (χ0) is 12.7. The molecule has 0 aromatic carbocycles. The highest BCUT2D eigenvalue weighted by Crippen LogP contribution is 2.05. The summed E-state index contributed by atoms with van der Waals surface area (Å²) in [6, 6.07) is 1.58. The number of rotatable bonds is 8. The topological polar surface area (TPSA) is 64.4 Å². The third-order valence-electron chi connectivity index (χ3n) is 2.42. The van der Waals surface area contributed by atoms with Gasteiger partial charge in [-0.2, -0.15) is 5.10 Å². The van der Waals surface area contributed by atoms with Crippen LogP contribution in [0.15, 0.2) is 6.07 Å². The second-order valence-corrected chi connectivity index (χ2v) is 4.02. The first-order chi connectivity index (χ1) is 8.15. The van der Waals surface area contributed by atoms with E-state index in [-0.39, 0.29) is 5.69 Å². The molecule has 0 fully saturated rings. The van der Waals surface area contributed by atoms with E-state index in [0.29, 0.717) is 13.2 Å². The Morgan fingerprint density at radius 2 is 2.18 bits per heavy atom. The Labute approximate surface area is 101 Å². The highest BCUT2D eigenvalue weighted by Gasteiger charge is 2.11. The van der Waals surface area contributed by atoms with Crippen molar-refractivity contribution in [1.82, 2.24) is 9.78 Å². The van der Waals surface area contributed by atoms with Crippen LogP contribution in [-0.4, -0.2) is 34.1 Å². The predicted molar refractivity (Wildman–Crippen MR) is 64.3 cm³/mol. The van der Waals surface area contributed by atoms with Gasteiger partial charge in [0, 0.05) is 19.8 Å². The van der Waals surface area contributed by atoms with Crippen LogP contribution >= 0.6 is 0 Å². The molecule has 0 unspecified atom stereocenters. The molecule has 0 saturated heterocycles. The van der Waals surface area contributed by atoms with E-state index in [4.69, 9.17) is 9.84 Å². The molecule has 0 radical (unpaired) electrons. The second-order valence-electron chi connectivity index (χ2n) is 4.02. The molecule has 1 aromatic rings. The number of hydrogen-bond acceptors (Lipinski definition) is 3. The Bertz CT molecular complexity index is 361. The van der Waals surface area contributed by atoms with Gasteiger partial charge in [-0.15, -0.1) is 0 Å². The quantitative estimate of drug-likeness (QED) is 0.707. The Morgan fingerprint density at radius 3 is 2.82 bits per heavy atom. The van der Waals surface area contributed by atoms with Crippen molar-refractivity contribution in [2.45, 2.75) is 39.7 Å². The monoisotopic (exact) mass is 240 g/mol. The summed E-state index contributed by atoms with van der Waals surface area (Å²) < 4.78 is 6.94. The molecule has 0 aliphatic heterocycles. The van der Waals surface area contributed by atoms with Crippen LogP contribution in [-0.2, 0) is 11.3 Å². The molecule has 0 aliphatic carbocycles. The van der Waals surface area contributed by atoms with E-state index in [9.17, 15) is 4.79 Å². The molecule has 0 bridgehead atoms. The van der Waals surface area contributed by atoms with Gasteiger partial charge in [0.15, 0.2) is 0 Å². The van der Waals surface area contributed by atoms with E-state index in [1.54, 1.807) is 13.0 Å². The van der Waals surface area contributed by atoms with Crippen molar-refractivity contribution in [3.05, 3.63) is 17.5 Å². The van der Waals surface area contributed by atoms with Crippen LogP contribution in [0.3, 0.4) is 0 Å². The number of carbonyl (C=O) groups is 1. The van der Waals surface area contributed by atoms with Crippen LogP contribution in [0.5, 0.6) is 0 Å². The van der Waals surface area contributed by atoms with E-state index in [1.807, 2.05) is 0 Å². The van der Waals surface area contributed by atoms with Gasteiger partial charge in [-0.3, -0.25) is 4.68 Å². The van der Waals surface area contributed by atoms with Crippen LogP contribution < -0.4 is 0 Å². The number of aromatic carboxylic acids is 1. The number of carboxylic acids is 1. The Hall–Kier alpha value is -1.36. The molecule has 1 aromatic heterocycles. The zero-order valence-electron chi connectivity index (χ0n) is 10.5. The first-order valence-electron chi connectivity index (χ1n) is 6.00. The number of carboxylic acid groups (broad SMARTS) is 1. The number of hydrogen-bond donors (Lipinski definition) is 1. The van der Waals surface area contributed by atoms with Crippen molar-refractivity contribution in [3.8, 4) is 0 Å². The summed E-state index contributed by atoms with van der Waals surface area (Å²) in [5.41, 5.74) is 0.977. The number of unbranched alkanes of at least 4 members (excludes halogenated alkanes) is 1. The lowest BCUT2D eigenvalue weighted by Gasteiger charge is -2.05. The Kier molecular flexibility index (Phi) is 5.69. The molecule has 0 aliphatic rings. The number of aromatic nitrogens is 2. The Morgan fingerprint density at radius 1 is 1.47 bits per heavy atom. The molecule has 1 N–H and O–H groups in total. The minimum absolute atomic E-state index is 0.246. The van der Waals surface area contributed by atoms with Gasteiger partial charge in [0.05, 0.1) is 5.69 Å². The van der Waals surface area contributed by atoms with Crippen molar-refractivity contribution in [1.29, 1.82) is 0 Å². The molecular weight excluding hydrogens is 220 g/mol. The van der Waals surface area contributed by atoms with E-state index >= 15 is 0 Å². The van der Waals surface area contributed by atoms with Gasteiger partial charge in [0.2, 0.25) is 0 Å². The summed E-state index contributed by atoms with van der Waals surface area (Å²) in [4.78, 5) is 10.9. The molecule has 17 heavy (non-hydrogen) atoms. The largest absolute Gasteiger partial charge is 0.477 e. The second kappa shape index (κ2) is 7.06. The van der Waals surface area contributed by atoms with E-state index in [2.05, 4.69) is 12.0 Å². The smallest absolute Gasteiger partial charge is 0.354 e. The lowest BCUT2D eigenvalue weighted by atomic mass is 10.3. The fourth-order valence-electron chi connectivity index (χ4n) is 1.55. The molecular formula is C12H20N2O3. The first kappa shape index (κ1) is 13.7. The summed E-state index contributed by atoms with van der Waals surface area (Å²) in [6.07, 6.45) is 2.98. The van der Waals surface area contributed by atoms with Crippen molar-refractivity contribution >= 4 is 5.97 Å². The lowest BCUT2D eigenvalue weighted by Crippen LogP contribution is -2.11. The normalized spacial score (nSPS) is 10.7. The Balaban J connectivity index is 2.33. The third-order valence-corrected chi connectivity index (χ3v) is 2.42. The molecule has 96 valence electrons. The minimum Gasteiger partial charge on any atom is -0.477 e. The molecule has 0 atom stereocenters. The van der Waals surface area contributed by atoms with Crippen LogP contribution in [0.4, 0.5) is 0 Å². The summed E-state index contributed by atoms with van der Waals surface area (Å²) in [5, 5.41) is 13.1. The maximum atomic E-state index is 10.9. The van der Waals surface area contributed by atoms with E-state index in [0.717, 1.165) is 31.6 Å². The molecule has 1 heterocycles. The number of aryl methyl sites for hydroxylation is 2. The van der Waals surface area contributed by atoms with Crippen molar-refractivity contribution < 1.29 is 14.6 Å². The summed E-state index contributed by atoms with van der Waals surface area (Å²) in [7, 11) is 0. The van der Waals surface area contributed by atoms with Gasteiger partial charge in [-0.1, -0.05) is 13.3 Å². The summed E-state index contributed by atoms with van der Waals surface area (Å²) in [5.74, 6) is -0.933. The van der Waals surface area contributed by atoms with Gasteiger partial charge in [-0.25, -0.2) is 4.79 Å². The maximum Gasteiger partial charge on any atom is 0.354 e. The number of nitrogens with zero attached hydrogens (tertiary/aromatic N) is 2. The highest BCUT2D eigenvalue weighted by atomic mass is 16.5. The highest BCUT2D eigenvalue weighted by molar-refractivity contribution is 5.85. The average molecular weight is 240 g/mol. The van der Waals surface area contributed by atoms with Gasteiger partial charge in [0.25, 0.3) is 0 Å². The van der Waals surface area contributed by atoms with Crippen molar-refractivity contribution in [3.63, 3.8) is 0 Å². The van der Waals surface area contributed by atoms with Crippen LogP contribution in [0.2, 0.25) is 0 Å². The first-order valence-corrected chi connectivity index (χ1v) is 6.00. The van der Waals surface area contributed by atoms with Crippen LogP contribution in [0, 0.1) is 6.92 Å². The fraction of sp³-hybridized carbons (Fsp3) is 0.667. The maximum absolute atomic E-state index is 10.9. The molecule has 0 spiro atoms. The average Bonchev–Trinajstić information content (AvgIpc) is 2.65. The predicted octanol–water partition coefficient (Wildman–Crippen LogP) is 2.10. The summed E-state index contributed by atoms with van der Waals surface area (Å²) in [6.45, 7) is 5.93. The SMILES string of the molecule is CCCCOCCCn1nc(C)cc1C(=O)O. The van der Waals surface area contributed by atoms with Gasteiger partial charge < -0.3 is 9.84 Å². The van der Waals surface area contributed by atoms with Crippen molar-refractivity contribution in [2.75, 3.05) is 13.2 Å². The van der Waals surface area contributed by atoms with E-state index < -0.39 is 5.97 Å². The number of ether oxygens (including phenoxy) is 1. The molecule has 1 rings (SSSR count). The minimum atomic E-state index is -0.933. The standard InChI is InChI=1S/C12H20N2O3/c1-3-4-7-17-8-5-6-14-11(12(15)16)9-10(2)13-14/h9H,3-8H2,1-2H3,(H,15,16). The molecule has 5 heteroatoms. The van der Waals surface area contributed by atoms with Crippen molar-refractivity contribution in [2.24, 2.45) is 0 Å². The molecule has 0 saturated carbocycles.